The summed E-state index contributed by atoms with van der Waals surface area (Å²) in [5.74, 6) is 0.504. The largest absolute Gasteiger partial charge is 0.384 e. The molecule has 1 fully saturated rings. The summed E-state index contributed by atoms with van der Waals surface area (Å²) < 4.78 is 0. The molecule has 1 saturated heterocycles. The Kier molecular flexibility index (Phi) is 6.64. The number of hydrogen-bond donors (Lipinski definition) is 2. The summed E-state index contributed by atoms with van der Waals surface area (Å²) in [7, 11) is 0. The van der Waals surface area contributed by atoms with Crippen molar-refractivity contribution >= 4 is 5.91 Å². The summed E-state index contributed by atoms with van der Waals surface area (Å²) in [5.41, 5.74) is 3.14. The molecular formula is C23H30N2O2. The van der Waals surface area contributed by atoms with E-state index in [-0.39, 0.29) is 5.91 Å². The van der Waals surface area contributed by atoms with E-state index in [2.05, 4.69) is 29.3 Å². The van der Waals surface area contributed by atoms with Gasteiger partial charge in [-0.3, -0.25) is 4.79 Å². The number of rotatable bonds is 6. The van der Waals surface area contributed by atoms with Gasteiger partial charge in [0.1, 0.15) is 6.10 Å². The van der Waals surface area contributed by atoms with Crippen molar-refractivity contribution in [2.75, 3.05) is 19.6 Å². The zero-order valence-corrected chi connectivity index (χ0v) is 16.3. The van der Waals surface area contributed by atoms with Crippen molar-refractivity contribution in [1.82, 2.24) is 10.2 Å². The van der Waals surface area contributed by atoms with E-state index in [0.717, 1.165) is 43.6 Å². The minimum atomic E-state index is -0.580. The summed E-state index contributed by atoms with van der Waals surface area (Å²) in [5, 5.41) is 13.6. The molecule has 27 heavy (non-hydrogen) atoms. The van der Waals surface area contributed by atoms with E-state index in [1.807, 2.05) is 42.5 Å². The van der Waals surface area contributed by atoms with Crippen LogP contribution in [0.2, 0.25) is 0 Å². The standard InChI is InChI=1S/C23H30N2O2/c1-17(16-25-14-12-22(13-15-25)24-18(2)26)19-8-10-21(11-9-19)23(27)20-6-4-3-5-7-20/h3-11,17,22-23,27H,12-16H2,1-2H3,(H,24,26). The molecule has 0 saturated carbocycles. The molecule has 2 aromatic rings. The molecule has 0 aromatic heterocycles. The number of piperidine rings is 1. The fourth-order valence-electron chi connectivity index (χ4n) is 3.87. The minimum absolute atomic E-state index is 0.0691. The third kappa shape index (κ3) is 5.41. The van der Waals surface area contributed by atoms with Crippen molar-refractivity contribution in [2.45, 2.75) is 44.8 Å². The van der Waals surface area contributed by atoms with Gasteiger partial charge in [-0.1, -0.05) is 61.5 Å². The average Bonchev–Trinajstić information content (AvgIpc) is 2.69. The Balaban J connectivity index is 1.54. The average molecular weight is 367 g/mol. The van der Waals surface area contributed by atoms with Gasteiger partial charge in [-0.05, 0) is 35.4 Å². The lowest BCUT2D eigenvalue weighted by Gasteiger charge is -2.33. The summed E-state index contributed by atoms with van der Waals surface area (Å²) in [6, 6.07) is 18.4. The first-order valence-corrected chi connectivity index (χ1v) is 9.85. The van der Waals surface area contributed by atoms with Crippen LogP contribution >= 0.6 is 0 Å². The first-order chi connectivity index (χ1) is 13.0. The topological polar surface area (TPSA) is 52.6 Å². The van der Waals surface area contributed by atoms with Crippen LogP contribution in [0.5, 0.6) is 0 Å². The Morgan fingerprint density at radius 2 is 1.59 bits per heavy atom. The van der Waals surface area contributed by atoms with Crippen molar-refractivity contribution in [3.63, 3.8) is 0 Å². The molecule has 1 aliphatic heterocycles. The van der Waals surface area contributed by atoms with Crippen LogP contribution in [0, 0.1) is 0 Å². The maximum atomic E-state index is 11.2. The molecule has 4 nitrogen and oxygen atoms in total. The molecule has 1 heterocycles. The molecule has 144 valence electrons. The molecule has 0 spiro atoms. The summed E-state index contributed by atoms with van der Waals surface area (Å²) >= 11 is 0. The van der Waals surface area contributed by atoms with Gasteiger partial charge in [-0.2, -0.15) is 0 Å². The molecule has 2 atom stereocenters. The Labute approximate surface area is 162 Å². The van der Waals surface area contributed by atoms with Crippen molar-refractivity contribution in [2.24, 2.45) is 0 Å². The Morgan fingerprint density at radius 1 is 1.04 bits per heavy atom. The van der Waals surface area contributed by atoms with Gasteiger partial charge in [0.25, 0.3) is 0 Å². The number of nitrogens with one attached hydrogen (secondary N) is 1. The van der Waals surface area contributed by atoms with E-state index in [1.54, 1.807) is 6.92 Å². The fraction of sp³-hybridized carbons (Fsp3) is 0.435. The van der Waals surface area contributed by atoms with E-state index in [1.165, 1.54) is 5.56 Å². The van der Waals surface area contributed by atoms with Crippen LogP contribution in [0.25, 0.3) is 0 Å². The number of hydrogen-bond acceptors (Lipinski definition) is 3. The maximum absolute atomic E-state index is 11.2. The molecule has 0 aliphatic carbocycles. The Bertz CT molecular complexity index is 722. The minimum Gasteiger partial charge on any atom is -0.384 e. The van der Waals surface area contributed by atoms with Crippen molar-refractivity contribution in [3.05, 3.63) is 71.3 Å². The zero-order chi connectivity index (χ0) is 19.2. The van der Waals surface area contributed by atoms with Crippen molar-refractivity contribution in [3.8, 4) is 0 Å². The highest BCUT2D eigenvalue weighted by molar-refractivity contribution is 5.73. The van der Waals surface area contributed by atoms with Gasteiger partial charge in [0.05, 0.1) is 0 Å². The van der Waals surface area contributed by atoms with Crippen LogP contribution in [-0.2, 0) is 4.79 Å². The van der Waals surface area contributed by atoms with E-state index in [4.69, 9.17) is 0 Å². The second-order valence-corrected chi connectivity index (χ2v) is 7.66. The number of aliphatic hydroxyl groups excluding tert-OH is 1. The molecule has 0 radical (unpaired) electrons. The highest BCUT2D eigenvalue weighted by atomic mass is 16.3. The number of carbonyl (C=O) groups is 1. The lowest BCUT2D eigenvalue weighted by Crippen LogP contribution is -2.44. The molecule has 4 heteroatoms. The number of amides is 1. The predicted octanol–water partition coefficient (Wildman–Crippen LogP) is 3.47. The van der Waals surface area contributed by atoms with Gasteiger partial charge in [0.15, 0.2) is 0 Å². The number of benzene rings is 2. The fourth-order valence-corrected chi connectivity index (χ4v) is 3.87. The van der Waals surface area contributed by atoms with Gasteiger partial charge in [-0.25, -0.2) is 0 Å². The zero-order valence-electron chi connectivity index (χ0n) is 16.3. The van der Waals surface area contributed by atoms with Crippen LogP contribution in [-0.4, -0.2) is 41.6 Å². The van der Waals surface area contributed by atoms with Crippen LogP contribution in [0.1, 0.15) is 55.4 Å². The van der Waals surface area contributed by atoms with Crippen LogP contribution in [0.4, 0.5) is 0 Å². The van der Waals surface area contributed by atoms with Gasteiger partial charge in [-0.15, -0.1) is 0 Å². The molecule has 1 amide bonds. The molecular weight excluding hydrogens is 336 g/mol. The van der Waals surface area contributed by atoms with E-state index in [0.29, 0.717) is 12.0 Å². The van der Waals surface area contributed by atoms with Crippen LogP contribution < -0.4 is 5.32 Å². The number of nitrogens with zero attached hydrogens (tertiary/aromatic N) is 1. The first kappa shape index (κ1) is 19.6. The van der Waals surface area contributed by atoms with Crippen molar-refractivity contribution in [1.29, 1.82) is 0 Å². The molecule has 2 aromatic carbocycles. The predicted molar refractivity (Wildman–Crippen MR) is 109 cm³/mol. The van der Waals surface area contributed by atoms with E-state index < -0.39 is 6.10 Å². The second kappa shape index (κ2) is 9.16. The third-order valence-electron chi connectivity index (χ3n) is 5.46. The van der Waals surface area contributed by atoms with Gasteiger partial charge >= 0.3 is 0 Å². The summed E-state index contributed by atoms with van der Waals surface area (Å²) in [6.45, 7) is 6.92. The molecule has 3 rings (SSSR count). The first-order valence-electron chi connectivity index (χ1n) is 9.85. The number of carbonyl (C=O) groups excluding carboxylic acids is 1. The van der Waals surface area contributed by atoms with E-state index in [9.17, 15) is 9.90 Å². The smallest absolute Gasteiger partial charge is 0.217 e. The Morgan fingerprint density at radius 3 is 2.19 bits per heavy atom. The van der Waals surface area contributed by atoms with Gasteiger partial charge in [0.2, 0.25) is 5.91 Å². The highest BCUT2D eigenvalue weighted by Gasteiger charge is 2.21. The summed E-state index contributed by atoms with van der Waals surface area (Å²) in [4.78, 5) is 13.7. The lowest BCUT2D eigenvalue weighted by atomic mass is 9.95. The quantitative estimate of drug-likeness (QED) is 0.823. The summed E-state index contributed by atoms with van der Waals surface area (Å²) in [6.07, 6.45) is 1.46. The lowest BCUT2D eigenvalue weighted by molar-refractivity contribution is -0.119. The van der Waals surface area contributed by atoms with E-state index >= 15 is 0 Å². The van der Waals surface area contributed by atoms with Crippen LogP contribution in [0.3, 0.4) is 0 Å². The highest BCUT2D eigenvalue weighted by Crippen LogP contribution is 2.25. The van der Waals surface area contributed by atoms with Crippen LogP contribution in [0.15, 0.2) is 54.6 Å². The monoisotopic (exact) mass is 366 g/mol. The van der Waals surface area contributed by atoms with Crippen molar-refractivity contribution < 1.29 is 9.90 Å². The molecule has 2 N–H and O–H groups in total. The molecule has 0 bridgehead atoms. The molecule has 1 aliphatic rings. The van der Waals surface area contributed by atoms with Gasteiger partial charge in [0, 0.05) is 32.6 Å². The maximum Gasteiger partial charge on any atom is 0.217 e. The third-order valence-corrected chi connectivity index (χ3v) is 5.46. The molecule has 2 unspecified atom stereocenters. The number of aliphatic hydroxyl groups is 1. The number of likely N-dealkylation sites (tertiary alicyclic amines) is 1. The Hall–Kier alpha value is -2.17. The van der Waals surface area contributed by atoms with Gasteiger partial charge < -0.3 is 15.3 Å². The SMILES string of the molecule is CC(=O)NC1CCN(CC(C)c2ccc(C(O)c3ccccc3)cc2)CC1. The normalized spacial score (nSPS) is 18.0. The second-order valence-electron chi connectivity index (χ2n) is 7.66.